The van der Waals surface area contributed by atoms with Crippen molar-refractivity contribution < 1.29 is 28.7 Å². The van der Waals surface area contributed by atoms with Crippen LogP contribution in [0, 0.1) is 0 Å². The number of carbonyl (C=O) groups excluding carboxylic acids is 4. The highest BCUT2D eigenvalue weighted by Gasteiger charge is 2.31. The number of hydrogen-bond acceptors (Lipinski definition) is 7. The van der Waals surface area contributed by atoms with Crippen molar-refractivity contribution in [1.82, 2.24) is 25.8 Å². The minimum atomic E-state index is -1.03. The number of rotatable bonds is 9. The fourth-order valence-electron chi connectivity index (χ4n) is 6.85. The van der Waals surface area contributed by atoms with Crippen molar-refractivity contribution in [2.45, 2.75) is 56.9 Å². The predicted molar refractivity (Wildman–Crippen MR) is 206 cm³/mol. The van der Waals surface area contributed by atoms with E-state index in [9.17, 15) is 19.2 Å². The van der Waals surface area contributed by atoms with E-state index in [0.29, 0.717) is 25.4 Å². The van der Waals surface area contributed by atoms with Crippen molar-refractivity contribution in [3.63, 3.8) is 0 Å². The molecule has 6 rings (SSSR count). The zero-order chi connectivity index (χ0) is 37.7. The van der Waals surface area contributed by atoms with Gasteiger partial charge in [-0.25, -0.2) is 0 Å². The Hall–Kier alpha value is -5.52. The van der Waals surface area contributed by atoms with Crippen LogP contribution in [-0.2, 0) is 45.1 Å². The number of nitrogens with one attached hydrogen (secondary N) is 3. The van der Waals surface area contributed by atoms with Crippen LogP contribution in [0.4, 0.5) is 0 Å². The maximum absolute atomic E-state index is 14.3. The smallest absolute Gasteiger partial charge is 0.255 e. The van der Waals surface area contributed by atoms with Gasteiger partial charge in [-0.1, -0.05) is 97.1 Å². The van der Waals surface area contributed by atoms with E-state index >= 15 is 0 Å². The van der Waals surface area contributed by atoms with E-state index in [2.05, 4.69) is 33.0 Å². The third-order valence-corrected chi connectivity index (χ3v) is 9.94. The number of benzene rings is 4. The summed E-state index contributed by atoms with van der Waals surface area (Å²) in [6.45, 7) is 4.29. The van der Waals surface area contributed by atoms with E-state index in [1.54, 1.807) is 36.2 Å². The standard InChI is InChI=1S/C43H49N5O6/c1-47-35(26-31-11-4-2-5-12-31)30-54-39-18-9-8-17-36(39)41(50)46-37(19-20-40(49)45-38(43(47)52)27-32-13-6-3-7-14-32)42(51)44-28-33-15-10-16-34(25-33)29-48-21-23-53-24-22-48/h2-18,25,35,37-38H,19-24,26-30H2,1H3,(H,44,51)(H,45,49)(H,46,50)/t35-,37+,38+/m1/s1. The van der Waals surface area contributed by atoms with Gasteiger partial charge in [-0.15, -0.1) is 0 Å². The highest BCUT2D eigenvalue weighted by Crippen LogP contribution is 2.21. The second kappa shape index (κ2) is 19.0. The number of ether oxygens (including phenoxy) is 2. The number of hydrogen-bond donors (Lipinski definition) is 3. The highest BCUT2D eigenvalue weighted by molar-refractivity contribution is 6.00. The monoisotopic (exact) mass is 731 g/mol. The molecule has 11 heteroatoms. The number of amides is 4. The maximum atomic E-state index is 14.3. The molecule has 1 saturated heterocycles. The van der Waals surface area contributed by atoms with Gasteiger partial charge in [0.15, 0.2) is 0 Å². The molecule has 4 aromatic rings. The normalized spacial score (nSPS) is 20.4. The SMILES string of the molecule is CN1C(=O)[C@H](Cc2ccccc2)NC(=O)CC[C@@H](C(=O)NCc2cccc(CN3CCOCC3)c2)NC(=O)c2ccccc2OC[C@H]1Cc1ccccc1. The second-order valence-electron chi connectivity index (χ2n) is 13.9. The molecule has 4 amide bonds. The van der Waals surface area contributed by atoms with Crippen LogP contribution in [0.3, 0.4) is 0 Å². The zero-order valence-electron chi connectivity index (χ0n) is 30.7. The van der Waals surface area contributed by atoms with E-state index < -0.39 is 35.8 Å². The Morgan fingerprint density at radius 1 is 0.778 bits per heavy atom. The lowest BCUT2D eigenvalue weighted by atomic mass is 10.0. The molecule has 0 aliphatic carbocycles. The number of fused-ring (bicyclic) bond motifs is 1. The Labute approximate surface area is 317 Å². The molecule has 11 nitrogen and oxygen atoms in total. The lowest BCUT2D eigenvalue weighted by Crippen LogP contribution is -2.53. The molecule has 3 N–H and O–H groups in total. The van der Waals surface area contributed by atoms with Crippen LogP contribution in [0.5, 0.6) is 5.75 Å². The summed E-state index contributed by atoms with van der Waals surface area (Å²) < 4.78 is 11.8. The van der Waals surface area contributed by atoms with E-state index in [1.165, 1.54) is 0 Å². The van der Waals surface area contributed by atoms with Gasteiger partial charge in [0.2, 0.25) is 17.7 Å². The largest absolute Gasteiger partial charge is 0.491 e. The lowest BCUT2D eigenvalue weighted by Gasteiger charge is -2.32. The molecule has 282 valence electrons. The van der Waals surface area contributed by atoms with Crippen LogP contribution in [-0.4, -0.2) is 91.5 Å². The topological polar surface area (TPSA) is 129 Å². The van der Waals surface area contributed by atoms with Gasteiger partial charge in [-0.05, 0) is 47.2 Å². The third kappa shape index (κ3) is 10.8. The quantitative estimate of drug-likeness (QED) is 0.238. The van der Waals surface area contributed by atoms with Gasteiger partial charge in [0.1, 0.15) is 24.4 Å². The number of para-hydroxylation sites is 1. The third-order valence-electron chi connectivity index (χ3n) is 9.94. The average Bonchev–Trinajstić information content (AvgIpc) is 3.20. The second-order valence-corrected chi connectivity index (χ2v) is 13.9. The molecule has 2 heterocycles. The first-order chi connectivity index (χ1) is 26.3. The van der Waals surface area contributed by atoms with Gasteiger partial charge >= 0.3 is 0 Å². The van der Waals surface area contributed by atoms with Crippen molar-refractivity contribution in [3.8, 4) is 5.75 Å². The molecule has 0 bridgehead atoms. The number of nitrogens with zero attached hydrogens (tertiary/aromatic N) is 2. The van der Waals surface area contributed by atoms with Crippen molar-refractivity contribution in [2.75, 3.05) is 40.0 Å². The van der Waals surface area contributed by atoms with Crippen molar-refractivity contribution in [1.29, 1.82) is 0 Å². The number of likely N-dealkylation sites (N-methyl/N-ethyl adjacent to an activating group) is 1. The first-order valence-corrected chi connectivity index (χ1v) is 18.6. The van der Waals surface area contributed by atoms with E-state index in [4.69, 9.17) is 9.47 Å². The van der Waals surface area contributed by atoms with E-state index in [0.717, 1.165) is 41.9 Å². The van der Waals surface area contributed by atoms with Gasteiger partial charge in [0.25, 0.3) is 5.91 Å². The fourth-order valence-corrected chi connectivity index (χ4v) is 6.85. The molecule has 0 spiro atoms. The maximum Gasteiger partial charge on any atom is 0.255 e. The van der Waals surface area contributed by atoms with Crippen molar-refractivity contribution >= 4 is 23.6 Å². The minimum absolute atomic E-state index is 0.0161. The Morgan fingerprint density at radius 2 is 1.43 bits per heavy atom. The summed E-state index contributed by atoms with van der Waals surface area (Å²) in [5.74, 6) is -1.25. The summed E-state index contributed by atoms with van der Waals surface area (Å²) in [6.07, 6.45) is 0.689. The predicted octanol–water partition coefficient (Wildman–Crippen LogP) is 3.90. The van der Waals surface area contributed by atoms with Crippen LogP contribution in [0.1, 0.15) is 45.5 Å². The molecule has 0 radical (unpaired) electrons. The Bertz CT molecular complexity index is 1870. The summed E-state index contributed by atoms with van der Waals surface area (Å²) in [4.78, 5) is 59.5. The van der Waals surface area contributed by atoms with Crippen LogP contribution < -0.4 is 20.7 Å². The average molecular weight is 732 g/mol. The molecule has 54 heavy (non-hydrogen) atoms. The molecule has 0 saturated carbocycles. The molecular formula is C43H49N5O6. The van der Waals surface area contributed by atoms with Gasteiger partial charge in [0.05, 0.1) is 24.8 Å². The Balaban J connectivity index is 1.23. The first-order valence-electron chi connectivity index (χ1n) is 18.6. The van der Waals surface area contributed by atoms with Crippen LogP contribution in [0.2, 0.25) is 0 Å². The summed E-state index contributed by atoms with van der Waals surface area (Å²) >= 11 is 0. The summed E-state index contributed by atoms with van der Waals surface area (Å²) in [7, 11) is 1.72. The molecular weight excluding hydrogens is 683 g/mol. The Morgan fingerprint density at radius 3 is 2.17 bits per heavy atom. The van der Waals surface area contributed by atoms with Crippen molar-refractivity contribution in [2.24, 2.45) is 0 Å². The highest BCUT2D eigenvalue weighted by atomic mass is 16.5. The van der Waals surface area contributed by atoms with E-state index in [-0.39, 0.29) is 43.9 Å². The molecule has 3 atom stereocenters. The molecule has 0 aromatic heterocycles. The number of carbonyl (C=O) groups is 4. The first kappa shape index (κ1) is 38.2. The summed E-state index contributed by atoms with van der Waals surface area (Å²) in [6, 6.07) is 31.9. The van der Waals surface area contributed by atoms with Crippen molar-refractivity contribution in [3.05, 3.63) is 137 Å². The molecule has 2 aliphatic heterocycles. The van der Waals surface area contributed by atoms with Gasteiger partial charge in [0, 0.05) is 46.1 Å². The van der Waals surface area contributed by atoms with E-state index in [1.807, 2.05) is 72.8 Å². The Kier molecular flexibility index (Phi) is 13.4. The van der Waals surface area contributed by atoms with Crippen LogP contribution in [0.25, 0.3) is 0 Å². The molecule has 0 unspecified atom stereocenters. The lowest BCUT2D eigenvalue weighted by molar-refractivity contribution is -0.137. The minimum Gasteiger partial charge on any atom is -0.491 e. The molecule has 1 fully saturated rings. The van der Waals surface area contributed by atoms with Crippen LogP contribution in [0.15, 0.2) is 109 Å². The summed E-state index contributed by atoms with van der Waals surface area (Å²) in [5.41, 5.74) is 4.21. The summed E-state index contributed by atoms with van der Waals surface area (Å²) in [5, 5.41) is 8.81. The molecule has 4 aromatic carbocycles. The molecule has 2 aliphatic rings. The van der Waals surface area contributed by atoms with Gasteiger partial charge in [-0.2, -0.15) is 0 Å². The van der Waals surface area contributed by atoms with Crippen LogP contribution >= 0.6 is 0 Å². The number of morpholine rings is 1. The van der Waals surface area contributed by atoms with Gasteiger partial charge < -0.3 is 30.3 Å². The zero-order valence-corrected chi connectivity index (χ0v) is 30.7. The van der Waals surface area contributed by atoms with Gasteiger partial charge in [-0.3, -0.25) is 24.1 Å². The fraction of sp³-hybridized carbons (Fsp3) is 0.349.